The third-order valence-corrected chi connectivity index (χ3v) is 4.06. The van der Waals surface area contributed by atoms with Crippen LogP contribution in [0.5, 0.6) is 0 Å². The molecule has 1 saturated heterocycles. The second-order valence-electron chi connectivity index (χ2n) is 5.54. The fourth-order valence-electron chi connectivity index (χ4n) is 2.85. The van der Waals surface area contributed by atoms with E-state index in [2.05, 4.69) is 0 Å². The number of carbonyl (C=O) groups excluding carboxylic acids is 3. The Labute approximate surface area is 124 Å². The Kier molecular flexibility index (Phi) is 3.85. The van der Waals surface area contributed by atoms with Crippen molar-refractivity contribution in [1.82, 2.24) is 9.80 Å². The number of hydrogen-bond donors (Lipinski definition) is 0. The van der Waals surface area contributed by atoms with E-state index in [0.29, 0.717) is 12.0 Å². The van der Waals surface area contributed by atoms with Crippen molar-refractivity contribution < 1.29 is 14.4 Å². The molecule has 0 saturated carbocycles. The first-order valence-corrected chi connectivity index (χ1v) is 7.09. The largest absolute Gasteiger partial charge is 0.333 e. The fourth-order valence-corrected chi connectivity index (χ4v) is 2.85. The molecular formula is C16H20N2O3. The van der Waals surface area contributed by atoms with Crippen LogP contribution in [0.2, 0.25) is 0 Å². The zero-order valence-electron chi connectivity index (χ0n) is 12.8. The molecule has 1 heterocycles. The average Bonchev–Trinajstić information content (AvgIpc) is 2.47. The van der Waals surface area contributed by atoms with Crippen molar-refractivity contribution in [3.05, 3.63) is 35.9 Å². The molecule has 1 aliphatic rings. The minimum atomic E-state index is -1.31. The van der Waals surface area contributed by atoms with Gasteiger partial charge in [0.2, 0.25) is 0 Å². The lowest BCUT2D eigenvalue weighted by Crippen LogP contribution is -2.67. The molecule has 1 unspecified atom stereocenters. The van der Waals surface area contributed by atoms with Crippen LogP contribution in [0.15, 0.2) is 30.3 Å². The summed E-state index contributed by atoms with van der Waals surface area (Å²) >= 11 is 0. The molecule has 112 valence electrons. The highest BCUT2D eigenvalue weighted by atomic mass is 16.2. The van der Waals surface area contributed by atoms with Gasteiger partial charge < -0.3 is 0 Å². The normalized spacial score (nSPS) is 23.2. The van der Waals surface area contributed by atoms with Crippen molar-refractivity contribution >= 4 is 17.8 Å². The van der Waals surface area contributed by atoms with E-state index in [1.54, 1.807) is 45.0 Å². The molecule has 1 atom stereocenters. The maximum atomic E-state index is 12.9. The van der Waals surface area contributed by atoms with Crippen LogP contribution in [0.4, 0.5) is 4.79 Å². The van der Waals surface area contributed by atoms with E-state index in [9.17, 15) is 14.4 Å². The predicted octanol–water partition coefficient (Wildman–Crippen LogP) is 2.16. The highest BCUT2D eigenvalue weighted by Crippen LogP contribution is 2.36. The third kappa shape index (κ3) is 2.04. The Bertz CT molecular complexity index is 582. The maximum Gasteiger partial charge on any atom is 0.333 e. The fraction of sp³-hybridized carbons (Fsp3) is 0.438. The quantitative estimate of drug-likeness (QED) is 0.801. The molecule has 0 bridgehead atoms. The molecule has 4 amide bonds. The number of carbonyl (C=O) groups is 3. The Balaban J connectivity index is 2.66. The van der Waals surface area contributed by atoms with E-state index in [-0.39, 0.29) is 6.04 Å². The molecule has 1 aromatic carbocycles. The molecular weight excluding hydrogens is 268 g/mol. The number of imide groups is 2. The third-order valence-electron chi connectivity index (χ3n) is 4.06. The molecule has 0 aliphatic carbocycles. The lowest BCUT2D eigenvalue weighted by molar-refractivity contribution is -0.152. The number of urea groups is 1. The summed E-state index contributed by atoms with van der Waals surface area (Å²) in [6.45, 7) is 5.33. The molecule has 2 rings (SSSR count). The van der Waals surface area contributed by atoms with Crippen LogP contribution >= 0.6 is 0 Å². The van der Waals surface area contributed by atoms with Crippen LogP contribution in [-0.4, -0.2) is 40.7 Å². The number of benzene rings is 1. The van der Waals surface area contributed by atoms with Crippen molar-refractivity contribution in [3.63, 3.8) is 0 Å². The van der Waals surface area contributed by atoms with Crippen molar-refractivity contribution in [1.29, 1.82) is 0 Å². The van der Waals surface area contributed by atoms with E-state index >= 15 is 0 Å². The van der Waals surface area contributed by atoms with Crippen molar-refractivity contribution in [2.75, 3.05) is 7.05 Å². The van der Waals surface area contributed by atoms with Crippen LogP contribution in [0.1, 0.15) is 32.8 Å². The van der Waals surface area contributed by atoms with Gasteiger partial charge in [0.15, 0.2) is 5.41 Å². The standard InChI is InChI=1S/C16H20N2O3/c1-5-16(12-9-7-6-8-10-12)13(19)17(4)15(21)18(11(2)3)14(16)20/h6-11H,5H2,1-4H3. The number of nitrogens with zero attached hydrogens (tertiary/aromatic N) is 2. The van der Waals surface area contributed by atoms with Crippen molar-refractivity contribution in [3.8, 4) is 0 Å². The van der Waals surface area contributed by atoms with E-state index in [4.69, 9.17) is 0 Å². The van der Waals surface area contributed by atoms with Gasteiger partial charge in [-0.05, 0) is 25.8 Å². The smallest absolute Gasteiger partial charge is 0.273 e. The van der Waals surface area contributed by atoms with Crippen molar-refractivity contribution in [2.45, 2.75) is 38.6 Å². The van der Waals surface area contributed by atoms with Crippen LogP contribution in [-0.2, 0) is 15.0 Å². The molecule has 1 aliphatic heterocycles. The molecule has 21 heavy (non-hydrogen) atoms. The number of likely N-dealkylation sites (N-methyl/N-ethyl adjacent to an activating group) is 1. The van der Waals surface area contributed by atoms with Gasteiger partial charge in [-0.15, -0.1) is 0 Å². The Morgan fingerprint density at radius 2 is 1.62 bits per heavy atom. The van der Waals surface area contributed by atoms with Gasteiger partial charge in [-0.3, -0.25) is 19.4 Å². The number of hydrogen-bond acceptors (Lipinski definition) is 3. The van der Waals surface area contributed by atoms with Gasteiger partial charge in [0, 0.05) is 13.1 Å². The van der Waals surface area contributed by atoms with Gasteiger partial charge in [0.05, 0.1) is 0 Å². The molecule has 1 aromatic rings. The maximum absolute atomic E-state index is 12.9. The summed E-state index contributed by atoms with van der Waals surface area (Å²) in [4.78, 5) is 40.1. The summed E-state index contributed by atoms with van der Waals surface area (Å²) in [5, 5.41) is 0. The first-order chi connectivity index (χ1) is 9.87. The summed E-state index contributed by atoms with van der Waals surface area (Å²) in [6, 6.07) is 8.10. The van der Waals surface area contributed by atoms with Gasteiger partial charge in [0.25, 0.3) is 11.8 Å². The van der Waals surface area contributed by atoms with E-state index in [1.807, 2.05) is 6.07 Å². The lowest BCUT2D eigenvalue weighted by Gasteiger charge is -2.44. The van der Waals surface area contributed by atoms with Crippen molar-refractivity contribution in [2.24, 2.45) is 0 Å². The second-order valence-corrected chi connectivity index (χ2v) is 5.54. The molecule has 5 heteroatoms. The summed E-state index contributed by atoms with van der Waals surface area (Å²) in [5.41, 5.74) is -0.679. The van der Waals surface area contributed by atoms with E-state index in [0.717, 1.165) is 4.90 Å². The monoisotopic (exact) mass is 288 g/mol. The topological polar surface area (TPSA) is 57.7 Å². The SMILES string of the molecule is CCC1(c2ccccc2)C(=O)N(C)C(=O)N(C(C)C)C1=O. The van der Waals surface area contributed by atoms with Gasteiger partial charge in [-0.1, -0.05) is 37.3 Å². The number of rotatable bonds is 3. The van der Waals surface area contributed by atoms with Crippen LogP contribution in [0.25, 0.3) is 0 Å². The Morgan fingerprint density at radius 1 is 1.05 bits per heavy atom. The second kappa shape index (κ2) is 5.31. The summed E-state index contributed by atoms with van der Waals surface area (Å²) in [6.07, 6.45) is 0.315. The number of amides is 4. The number of barbiturate groups is 1. The zero-order valence-corrected chi connectivity index (χ0v) is 12.8. The summed E-state index contributed by atoms with van der Waals surface area (Å²) in [7, 11) is 1.43. The molecule has 0 aromatic heterocycles. The molecule has 0 spiro atoms. The molecule has 5 nitrogen and oxygen atoms in total. The molecule has 0 radical (unpaired) electrons. The summed E-state index contributed by atoms with van der Waals surface area (Å²) < 4.78 is 0. The van der Waals surface area contributed by atoms with Gasteiger partial charge in [-0.2, -0.15) is 0 Å². The van der Waals surface area contributed by atoms with Crippen LogP contribution in [0, 0.1) is 0 Å². The van der Waals surface area contributed by atoms with E-state index in [1.165, 1.54) is 11.9 Å². The first kappa shape index (κ1) is 15.2. The lowest BCUT2D eigenvalue weighted by atomic mass is 9.74. The molecule has 0 N–H and O–H groups in total. The van der Waals surface area contributed by atoms with Gasteiger partial charge in [-0.25, -0.2) is 4.79 Å². The molecule has 1 fully saturated rings. The Hall–Kier alpha value is -2.17. The average molecular weight is 288 g/mol. The van der Waals surface area contributed by atoms with Gasteiger partial charge >= 0.3 is 6.03 Å². The van der Waals surface area contributed by atoms with Crippen LogP contribution < -0.4 is 0 Å². The first-order valence-electron chi connectivity index (χ1n) is 7.09. The summed E-state index contributed by atoms with van der Waals surface area (Å²) in [5.74, 6) is -0.887. The zero-order chi connectivity index (χ0) is 15.8. The van der Waals surface area contributed by atoms with E-state index < -0.39 is 23.3 Å². The minimum absolute atomic E-state index is 0.296. The minimum Gasteiger partial charge on any atom is -0.273 e. The van der Waals surface area contributed by atoms with Gasteiger partial charge in [0.1, 0.15) is 0 Å². The Morgan fingerprint density at radius 3 is 2.10 bits per heavy atom. The van der Waals surface area contributed by atoms with Crippen LogP contribution in [0.3, 0.4) is 0 Å². The highest BCUT2D eigenvalue weighted by Gasteiger charge is 2.56. The highest BCUT2D eigenvalue weighted by molar-refractivity contribution is 6.22. The predicted molar refractivity (Wildman–Crippen MR) is 78.6 cm³/mol.